The normalized spacial score (nSPS) is 13.1. The number of nitrogens with one attached hydrogen (secondary N) is 1. The number of hydrogen-bond acceptors (Lipinski definition) is 4. The van der Waals surface area contributed by atoms with Crippen LogP contribution in [0.1, 0.15) is 58.7 Å². The van der Waals surface area contributed by atoms with E-state index in [1.807, 2.05) is 20.8 Å². The number of rotatable bonds is 6. The molecule has 2 rings (SSSR count). The van der Waals surface area contributed by atoms with Gasteiger partial charge in [0, 0.05) is 37.7 Å². The molecule has 0 aliphatic heterocycles. The third-order valence-electron chi connectivity index (χ3n) is 4.15. The van der Waals surface area contributed by atoms with E-state index in [4.69, 9.17) is 5.11 Å². The summed E-state index contributed by atoms with van der Waals surface area (Å²) in [5, 5.41) is 23.9. The van der Waals surface area contributed by atoms with Crippen LogP contribution in [-0.4, -0.2) is 39.2 Å². The van der Waals surface area contributed by atoms with Gasteiger partial charge in [0.05, 0.1) is 11.6 Å². The van der Waals surface area contributed by atoms with Crippen molar-refractivity contribution in [3.8, 4) is 0 Å². The molecule has 0 bridgehead atoms. The van der Waals surface area contributed by atoms with Crippen molar-refractivity contribution in [3.05, 3.63) is 76.0 Å². The van der Waals surface area contributed by atoms with Gasteiger partial charge in [0.25, 0.3) is 5.91 Å². The van der Waals surface area contributed by atoms with Crippen LogP contribution in [0.15, 0.2) is 48.5 Å². The zero-order valence-corrected chi connectivity index (χ0v) is 16.9. The minimum absolute atomic E-state index is 0.183. The molecule has 0 radical (unpaired) electrons. The maximum Gasteiger partial charge on any atom is 0.335 e. The highest BCUT2D eigenvalue weighted by atomic mass is 32.1. The number of hydrogen-bond donors (Lipinski definition) is 3. The molecule has 0 fully saturated rings. The summed E-state index contributed by atoms with van der Waals surface area (Å²) in [5.74, 6) is -0.915. The lowest BCUT2D eigenvalue weighted by atomic mass is 10.0. The Balaban J connectivity index is 2.11. The number of amides is 1. The summed E-state index contributed by atoms with van der Waals surface area (Å²) in [6, 6.07) is 12.7. The van der Waals surface area contributed by atoms with Crippen molar-refractivity contribution < 1.29 is 19.4 Å². The Kier molecular flexibility index (Phi) is 6.85. The molecule has 2 aromatic carbocycles. The van der Waals surface area contributed by atoms with Crippen LogP contribution in [0.25, 0.3) is 0 Å². The predicted octanol–water partition coefficient (Wildman–Crippen LogP) is 3.51. The maximum atomic E-state index is 12.5. The highest BCUT2D eigenvalue weighted by Gasteiger charge is 2.18. The van der Waals surface area contributed by atoms with Crippen LogP contribution in [-0.2, 0) is 0 Å². The lowest BCUT2D eigenvalue weighted by Gasteiger charge is -2.19. The molecule has 0 spiro atoms. The van der Waals surface area contributed by atoms with Crippen LogP contribution in [0.5, 0.6) is 0 Å². The maximum absolute atomic E-state index is 12.5. The molecule has 28 heavy (non-hydrogen) atoms. The van der Waals surface area contributed by atoms with Crippen molar-refractivity contribution in [2.45, 2.75) is 32.4 Å². The van der Waals surface area contributed by atoms with Gasteiger partial charge in [-0.05, 0) is 42.0 Å². The first-order valence-corrected chi connectivity index (χ1v) is 9.41. The summed E-state index contributed by atoms with van der Waals surface area (Å²) in [7, 11) is 0. The van der Waals surface area contributed by atoms with Gasteiger partial charge < -0.3 is 15.6 Å². The molecule has 1 atom stereocenters. The van der Waals surface area contributed by atoms with Crippen molar-refractivity contribution in [2.24, 2.45) is 0 Å². The SMILES string of the molecule is CC(C)(C)[N+]([O-])=Cc1ccc(C(=O)NC(CS)c2ccc(C(=O)O)cc2)cc1. The molecular weight excluding hydrogens is 376 g/mol. The van der Waals surface area contributed by atoms with Crippen molar-refractivity contribution >= 4 is 30.7 Å². The zero-order valence-electron chi connectivity index (χ0n) is 16.0. The Morgan fingerprint density at radius 3 is 2.11 bits per heavy atom. The minimum Gasteiger partial charge on any atom is -0.623 e. The van der Waals surface area contributed by atoms with E-state index in [-0.39, 0.29) is 17.5 Å². The fraction of sp³-hybridized carbons (Fsp3) is 0.286. The number of aromatic carboxylic acids is 1. The molecule has 0 saturated heterocycles. The summed E-state index contributed by atoms with van der Waals surface area (Å²) < 4.78 is 0.875. The van der Waals surface area contributed by atoms with Gasteiger partial charge in [-0.25, -0.2) is 9.53 Å². The Labute approximate surface area is 169 Å². The second kappa shape index (κ2) is 8.93. The van der Waals surface area contributed by atoms with Crippen molar-refractivity contribution in [2.75, 3.05) is 5.75 Å². The van der Waals surface area contributed by atoms with Gasteiger partial charge in [0.2, 0.25) is 0 Å². The zero-order chi connectivity index (χ0) is 20.9. The molecule has 7 heteroatoms. The summed E-state index contributed by atoms with van der Waals surface area (Å²) in [5.41, 5.74) is 1.58. The van der Waals surface area contributed by atoms with Crippen LogP contribution in [0.2, 0.25) is 0 Å². The lowest BCUT2D eigenvalue weighted by molar-refractivity contribution is -0.530. The van der Waals surface area contributed by atoms with E-state index >= 15 is 0 Å². The number of carbonyl (C=O) groups is 2. The topological polar surface area (TPSA) is 92.5 Å². The fourth-order valence-corrected chi connectivity index (χ4v) is 2.69. The average Bonchev–Trinajstić information content (AvgIpc) is 2.65. The number of carboxylic acids is 1. The molecular formula is C21H24N2O4S. The molecule has 0 aliphatic rings. The average molecular weight is 401 g/mol. The molecule has 0 saturated carbocycles. The molecule has 1 amide bonds. The Bertz CT molecular complexity index is 869. The molecule has 0 aliphatic carbocycles. The van der Waals surface area contributed by atoms with Crippen molar-refractivity contribution in [3.63, 3.8) is 0 Å². The predicted molar refractivity (Wildman–Crippen MR) is 112 cm³/mol. The highest BCUT2D eigenvalue weighted by Crippen LogP contribution is 2.17. The van der Waals surface area contributed by atoms with E-state index < -0.39 is 11.5 Å². The van der Waals surface area contributed by atoms with E-state index in [0.717, 1.165) is 10.3 Å². The largest absolute Gasteiger partial charge is 0.623 e. The van der Waals surface area contributed by atoms with Gasteiger partial charge in [-0.3, -0.25) is 4.79 Å². The van der Waals surface area contributed by atoms with E-state index in [1.165, 1.54) is 18.3 Å². The minimum atomic E-state index is -1.00. The molecule has 148 valence electrons. The molecule has 6 nitrogen and oxygen atoms in total. The highest BCUT2D eigenvalue weighted by molar-refractivity contribution is 7.80. The number of carboxylic acid groups (broad SMARTS) is 1. The molecule has 2 N–H and O–H groups in total. The Hall–Kier alpha value is -2.80. The number of carbonyl (C=O) groups excluding carboxylic acids is 1. The van der Waals surface area contributed by atoms with E-state index in [1.54, 1.807) is 36.4 Å². The molecule has 0 aromatic heterocycles. The van der Waals surface area contributed by atoms with Crippen LogP contribution in [0.4, 0.5) is 0 Å². The summed E-state index contributed by atoms with van der Waals surface area (Å²) in [6.07, 6.45) is 1.49. The standard InChI is InChI=1S/C21H24N2O4S/c1-21(2,3)23(27)12-14-4-6-16(7-5-14)19(24)22-18(13-28)15-8-10-17(11-9-15)20(25)26/h4-12,18,28H,13H2,1-3H3,(H,22,24)(H,25,26). The number of benzene rings is 2. The van der Waals surface area contributed by atoms with Gasteiger partial charge in [0.15, 0.2) is 11.8 Å². The quantitative estimate of drug-likeness (QED) is 0.227. The van der Waals surface area contributed by atoms with Crippen molar-refractivity contribution in [1.29, 1.82) is 0 Å². The smallest absolute Gasteiger partial charge is 0.335 e. The second-order valence-corrected chi connectivity index (χ2v) is 7.75. The van der Waals surface area contributed by atoms with Crippen LogP contribution in [0, 0.1) is 5.21 Å². The van der Waals surface area contributed by atoms with Gasteiger partial charge in [0.1, 0.15) is 0 Å². The fourth-order valence-electron chi connectivity index (χ4n) is 2.38. The first kappa shape index (κ1) is 21.5. The third kappa shape index (κ3) is 5.60. The van der Waals surface area contributed by atoms with Gasteiger partial charge in [-0.15, -0.1) is 0 Å². The Morgan fingerprint density at radius 2 is 1.64 bits per heavy atom. The summed E-state index contributed by atoms with van der Waals surface area (Å²) in [4.78, 5) is 23.5. The van der Waals surface area contributed by atoms with E-state index in [9.17, 15) is 14.8 Å². The monoisotopic (exact) mass is 400 g/mol. The van der Waals surface area contributed by atoms with Gasteiger partial charge >= 0.3 is 5.97 Å². The van der Waals surface area contributed by atoms with Crippen LogP contribution < -0.4 is 5.32 Å². The number of nitrogens with zero attached hydrogens (tertiary/aromatic N) is 1. The third-order valence-corrected chi connectivity index (χ3v) is 4.51. The number of hydroxylamine groups is 1. The van der Waals surface area contributed by atoms with Gasteiger partial charge in [-0.1, -0.05) is 12.1 Å². The van der Waals surface area contributed by atoms with Crippen molar-refractivity contribution in [1.82, 2.24) is 5.32 Å². The molecule has 1 unspecified atom stereocenters. The summed E-state index contributed by atoms with van der Waals surface area (Å²) >= 11 is 4.29. The Morgan fingerprint density at radius 1 is 1.11 bits per heavy atom. The lowest BCUT2D eigenvalue weighted by Crippen LogP contribution is -2.30. The summed E-state index contributed by atoms with van der Waals surface area (Å²) in [6.45, 7) is 5.46. The number of thiol groups is 1. The molecule has 2 aromatic rings. The first-order valence-electron chi connectivity index (χ1n) is 8.78. The van der Waals surface area contributed by atoms with Crippen LogP contribution in [0.3, 0.4) is 0 Å². The second-order valence-electron chi connectivity index (χ2n) is 7.38. The van der Waals surface area contributed by atoms with Gasteiger partial charge in [-0.2, -0.15) is 12.6 Å². The van der Waals surface area contributed by atoms with Crippen LogP contribution >= 0.6 is 12.6 Å². The van der Waals surface area contributed by atoms with E-state index in [2.05, 4.69) is 17.9 Å². The first-order chi connectivity index (χ1) is 13.1. The van der Waals surface area contributed by atoms with E-state index in [0.29, 0.717) is 16.9 Å². The molecule has 0 heterocycles.